The van der Waals surface area contributed by atoms with E-state index in [-0.39, 0.29) is 6.23 Å². The maximum atomic E-state index is 5.69. The van der Waals surface area contributed by atoms with Crippen molar-refractivity contribution in [3.8, 4) is 0 Å². The Morgan fingerprint density at radius 2 is 2.42 bits per heavy atom. The Balaban J connectivity index is 2.84. The highest BCUT2D eigenvalue weighted by Gasteiger charge is 2.21. The summed E-state index contributed by atoms with van der Waals surface area (Å²) < 4.78 is 5.27. The number of likely N-dealkylation sites (N-methyl/N-ethyl adjacent to an activating group) is 1. The highest BCUT2D eigenvalue weighted by molar-refractivity contribution is 6.28. The summed E-state index contributed by atoms with van der Waals surface area (Å²) in [5, 5.41) is 0. The van der Waals surface area contributed by atoms with Gasteiger partial charge in [0.15, 0.2) is 6.23 Å². The van der Waals surface area contributed by atoms with Crippen LogP contribution in [0.2, 0.25) is 0 Å². The van der Waals surface area contributed by atoms with E-state index in [4.69, 9.17) is 16.3 Å². The molecule has 0 saturated heterocycles. The summed E-state index contributed by atoms with van der Waals surface area (Å²) in [5.41, 5.74) is 1.09. The van der Waals surface area contributed by atoms with Crippen molar-refractivity contribution in [2.24, 2.45) is 4.99 Å². The molecular weight excluding hydrogens is 176 g/mol. The zero-order chi connectivity index (χ0) is 9.14. The first-order chi connectivity index (χ1) is 5.70. The van der Waals surface area contributed by atoms with Crippen molar-refractivity contribution >= 4 is 17.4 Å². The molecule has 0 radical (unpaired) electrons. The molecule has 0 amide bonds. The minimum Gasteiger partial charge on any atom is -0.358 e. The van der Waals surface area contributed by atoms with Gasteiger partial charge in [-0.05, 0) is 12.5 Å². The van der Waals surface area contributed by atoms with Crippen LogP contribution in [0.3, 0.4) is 0 Å². The molecule has 1 heterocycles. The maximum absolute atomic E-state index is 5.69. The van der Waals surface area contributed by atoms with Gasteiger partial charge < -0.3 is 9.64 Å². The fourth-order valence-electron chi connectivity index (χ4n) is 1.24. The molecule has 12 heavy (non-hydrogen) atoms. The van der Waals surface area contributed by atoms with Crippen LogP contribution in [0.4, 0.5) is 0 Å². The van der Waals surface area contributed by atoms with Gasteiger partial charge in [0.25, 0.3) is 0 Å². The number of nitrogens with zero attached hydrogens (tertiary/aromatic N) is 2. The molecular formula is C8H13ClN2O. The molecule has 68 valence electrons. The Morgan fingerprint density at radius 1 is 1.75 bits per heavy atom. The third-order valence-electron chi connectivity index (χ3n) is 1.91. The summed E-state index contributed by atoms with van der Waals surface area (Å²) in [6.45, 7) is 1.99. The fourth-order valence-corrected chi connectivity index (χ4v) is 1.50. The molecule has 1 atom stereocenters. The number of ether oxygens (including phenoxy) is 1. The van der Waals surface area contributed by atoms with Crippen LogP contribution in [0.5, 0.6) is 0 Å². The van der Waals surface area contributed by atoms with Gasteiger partial charge in [-0.25, -0.2) is 4.99 Å². The lowest BCUT2D eigenvalue weighted by Gasteiger charge is -2.31. The van der Waals surface area contributed by atoms with Crippen LogP contribution in [-0.4, -0.2) is 37.0 Å². The minimum atomic E-state index is -0.0174. The first kappa shape index (κ1) is 9.55. The number of rotatable bonds is 2. The molecule has 0 fully saturated rings. The van der Waals surface area contributed by atoms with Gasteiger partial charge in [0, 0.05) is 20.4 Å². The Hall–Kier alpha value is -0.540. The van der Waals surface area contributed by atoms with E-state index in [2.05, 4.69) is 4.99 Å². The topological polar surface area (TPSA) is 24.8 Å². The van der Waals surface area contributed by atoms with Gasteiger partial charge >= 0.3 is 0 Å². The van der Waals surface area contributed by atoms with Gasteiger partial charge in [-0.3, -0.25) is 0 Å². The Kier molecular flexibility index (Phi) is 3.12. The summed E-state index contributed by atoms with van der Waals surface area (Å²) in [7, 11) is 3.60. The van der Waals surface area contributed by atoms with Gasteiger partial charge in [0.2, 0.25) is 0 Å². The largest absolute Gasteiger partial charge is 0.358 e. The molecule has 0 aliphatic carbocycles. The summed E-state index contributed by atoms with van der Waals surface area (Å²) in [6.07, 6.45) is 1.78. The lowest BCUT2D eigenvalue weighted by atomic mass is 10.2. The molecule has 1 aliphatic rings. The average molecular weight is 189 g/mol. The summed E-state index contributed by atoms with van der Waals surface area (Å²) >= 11 is 5.69. The molecule has 0 aromatic rings. The van der Waals surface area contributed by atoms with Crippen LogP contribution in [0, 0.1) is 0 Å². The van der Waals surface area contributed by atoms with Gasteiger partial charge in [-0.2, -0.15) is 0 Å². The number of amidine groups is 1. The standard InChI is InChI=1S/C8H13ClN2O/c1-6-5-10-7(4-9)11(2)8(6)12-3/h5,8H,4H2,1-3H3/t8-/m1/s1. The van der Waals surface area contributed by atoms with Gasteiger partial charge in [0.05, 0.1) is 5.88 Å². The summed E-state index contributed by atoms with van der Waals surface area (Å²) in [5.74, 6) is 1.26. The highest BCUT2D eigenvalue weighted by atomic mass is 35.5. The van der Waals surface area contributed by atoms with Crippen molar-refractivity contribution in [2.45, 2.75) is 13.2 Å². The normalized spacial score (nSPS) is 23.7. The number of methoxy groups -OCH3 is 1. The predicted molar refractivity (Wildman–Crippen MR) is 50.5 cm³/mol. The van der Waals surface area contributed by atoms with Crippen molar-refractivity contribution < 1.29 is 4.74 Å². The van der Waals surface area contributed by atoms with Crippen LogP contribution in [0.15, 0.2) is 16.8 Å². The van der Waals surface area contributed by atoms with Crippen molar-refractivity contribution in [3.05, 3.63) is 11.8 Å². The third-order valence-corrected chi connectivity index (χ3v) is 2.15. The molecule has 3 nitrogen and oxygen atoms in total. The first-order valence-corrected chi connectivity index (χ1v) is 4.29. The molecule has 0 saturated carbocycles. The van der Waals surface area contributed by atoms with Crippen LogP contribution in [0.1, 0.15) is 6.92 Å². The van der Waals surface area contributed by atoms with Gasteiger partial charge in [0.1, 0.15) is 5.84 Å². The molecule has 1 rings (SSSR count). The van der Waals surface area contributed by atoms with Crippen LogP contribution in [-0.2, 0) is 4.74 Å². The van der Waals surface area contributed by atoms with E-state index < -0.39 is 0 Å². The summed E-state index contributed by atoms with van der Waals surface area (Å²) in [4.78, 5) is 6.11. The second-order valence-corrected chi connectivity index (χ2v) is 3.02. The molecule has 0 spiro atoms. The smallest absolute Gasteiger partial charge is 0.154 e. The minimum absolute atomic E-state index is 0.0174. The zero-order valence-electron chi connectivity index (χ0n) is 7.54. The molecule has 0 aromatic heterocycles. The van der Waals surface area contributed by atoms with E-state index >= 15 is 0 Å². The number of halogens is 1. The van der Waals surface area contributed by atoms with E-state index in [0.717, 1.165) is 11.4 Å². The van der Waals surface area contributed by atoms with Crippen molar-refractivity contribution in [1.29, 1.82) is 0 Å². The highest BCUT2D eigenvalue weighted by Crippen LogP contribution is 2.15. The fraction of sp³-hybridized carbons (Fsp3) is 0.625. The second-order valence-electron chi connectivity index (χ2n) is 2.75. The lowest BCUT2D eigenvalue weighted by molar-refractivity contribution is 0.0465. The number of aliphatic imine (C=N–C) groups is 1. The van der Waals surface area contributed by atoms with Crippen LogP contribution < -0.4 is 0 Å². The van der Waals surface area contributed by atoms with E-state index in [1.165, 1.54) is 0 Å². The number of hydrogen-bond donors (Lipinski definition) is 0. The zero-order valence-corrected chi connectivity index (χ0v) is 8.30. The van der Waals surface area contributed by atoms with Crippen LogP contribution >= 0.6 is 11.6 Å². The predicted octanol–water partition coefficient (Wildman–Crippen LogP) is 1.45. The molecule has 0 bridgehead atoms. The Morgan fingerprint density at radius 3 is 2.92 bits per heavy atom. The number of hydrogen-bond acceptors (Lipinski definition) is 3. The summed E-state index contributed by atoms with van der Waals surface area (Å²) in [6, 6.07) is 0. The number of alkyl halides is 1. The molecule has 1 aliphatic heterocycles. The SMILES string of the molecule is CO[C@@H]1C(C)=CN=C(CCl)N1C. The molecule has 0 N–H and O–H groups in total. The second kappa shape index (κ2) is 3.92. The van der Waals surface area contributed by atoms with E-state index in [1.807, 2.05) is 18.9 Å². The molecule has 0 aromatic carbocycles. The molecule has 0 unspecified atom stereocenters. The Bertz CT molecular complexity index is 225. The quantitative estimate of drug-likeness (QED) is 0.613. The first-order valence-electron chi connectivity index (χ1n) is 3.75. The van der Waals surface area contributed by atoms with Crippen LogP contribution in [0.25, 0.3) is 0 Å². The van der Waals surface area contributed by atoms with Gasteiger partial charge in [-0.1, -0.05) is 0 Å². The lowest BCUT2D eigenvalue weighted by Crippen LogP contribution is -2.41. The molecule has 4 heteroatoms. The van der Waals surface area contributed by atoms with E-state index in [0.29, 0.717) is 5.88 Å². The van der Waals surface area contributed by atoms with E-state index in [9.17, 15) is 0 Å². The average Bonchev–Trinajstić information content (AvgIpc) is 2.06. The van der Waals surface area contributed by atoms with Crippen molar-refractivity contribution in [1.82, 2.24) is 4.90 Å². The monoisotopic (exact) mass is 188 g/mol. The third kappa shape index (κ3) is 1.62. The van der Waals surface area contributed by atoms with E-state index in [1.54, 1.807) is 13.3 Å². The maximum Gasteiger partial charge on any atom is 0.154 e. The van der Waals surface area contributed by atoms with Crippen molar-refractivity contribution in [3.63, 3.8) is 0 Å². The van der Waals surface area contributed by atoms with Gasteiger partial charge in [-0.15, -0.1) is 11.6 Å². The van der Waals surface area contributed by atoms with Crippen molar-refractivity contribution in [2.75, 3.05) is 20.0 Å². The Labute approximate surface area is 77.7 Å².